The Bertz CT molecular complexity index is 216. The minimum absolute atomic E-state index is 0. The van der Waals surface area contributed by atoms with E-state index < -0.39 is 11.9 Å². The number of unbranched alkanes of at least 4 members (excludes halogenated alkanes) is 7. The third-order valence-corrected chi connectivity index (χ3v) is 2.22. The molecule has 4 nitrogen and oxygen atoms in total. The van der Waals surface area contributed by atoms with E-state index in [2.05, 4.69) is 13.8 Å². The van der Waals surface area contributed by atoms with Crippen LogP contribution in [0.5, 0.6) is 0 Å². The van der Waals surface area contributed by atoms with Gasteiger partial charge in [-0.1, -0.05) is 51.9 Å². The topological polar surface area (TPSA) is 74.6 Å². The number of hydrogen-bond donors (Lipinski definition) is 2. The number of aliphatic carboxylic acids is 2. The van der Waals surface area contributed by atoms with E-state index in [1.807, 2.05) is 0 Å². The van der Waals surface area contributed by atoms with Gasteiger partial charge in [-0.25, -0.2) is 9.59 Å². The second kappa shape index (κ2) is 20.0. The molecule has 0 aliphatic rings. The quantitative estimate of drug-likeness (QED) is 0.282. The summed E-state index contributed by atoms with van der Waals surface area (Å²) < 4.78 is 0. The van der Waals surface area contributed by atoms with Crippen LogP contribution in [0, 0.1) is 6.92 Å². The first-order valence-corrected chi connectivity index (χ1v) is 6.47. The molecule has 0 fully saturated rings. The summed E-state index contributed by atoms with van der Waals surface area (Å²) in [6.45, 7) is 6.08. The van der Waals surface area contributed by atoms with Crippen molar-refractivity contribution in [2.45, 2.75) is 58.3 Å². The summed E-state index contributed by atoms with van der Waals surface area (Å²) in [5.74, 6) is -2.51. The summed E-state index contributed by atoms with van der Waals surface area (Å²) in [7, 11) is 0. The summed E-state index contributed by atoms with van der Waals surface area (Å²) >= 11 is 0. The van der Waals surface area contributed by atoms with Crippen LogP contribution < -0.4 is 29.6 Å². The van der Waals surface area contributed by atoms with Crippen LogP contribution in [-0.2, 0) is 9.59 Å². The fraction of sp³-hybridized carbons (Fsp3) is 0.643. The normalized spacial score (nSPS) is 9.37. The molecule has 0 aliphatic heterocycles. The molecular weight excluding hydrogens is 255 g/mol. The SMILES string of the molecule is O=C(O)/C=C\C(=O)O.[CH2-]CCCCCCCCC.[Na+]. The monoisotopic (exact) mass is 280 g/mol. The largest absolute Gasteiger partial charge is 1.00 e. The molecule has 19 heavy (non-hydrogen) atoms. The fourth-order valence-corrected chi connectivity index (χ4v) is 1.28. The van der Waals surface area contributed by atoms with Crippen molar-refractivity contribution in [1.29, 1.82) is 0 Å². The Morgan fingerprint density at radius 2 is 1.26 bits per heavy atom. The third kappa shape index (κ3) is 31.9. The Morgan fingerprint density at radius 1 is 0.895 bits per heavy atom. The number of carbonyl (C=O) groups is 2. The van der Waals surface area contributed by atoms with Gasteiger partial charge >= 0.3 is 41.5 Å². The van der Waals surface area contributed by atoms with Crippen molar-refractivity contribution >= 4 is 11.9 Å². The Morgan fingerprint density at radius 3 is 1.58 bits per heavy atom. The Labute approximate surface area is 138 Å². The second-order valence-electron chi connectivity index (χ2n) is 3.98. The van der Waals surface area contributed by atoms with Crippen LogP contribution in [0.15, 0.2) is 12.2 Å². The van der Waals surface area contributed by atoms with Crippen molar-refractivity contribution in [1.82, 2.24) is 0 Å². The van der Waals surface area contributed by atoms with Crippen LogP contribution in [0.25, 0.3) is 0 Å². The summed E-state index contributed by atoms with van der Waals surface area (Å²) in [4.78, 5) is 19.1. The summed E-state index contributed by atoms with van der Waals surface area (Å²) in [6, 6.07) is 0. The molecule has 0 spiro atoms. The molecule has 0 saturated carbocycles. The zero-order chi connectivity index (χ0) is 14.2. The van der Waals surface area contributed by atoms with Crippen molar-refractivity contribution < 1.29 is 49.4 Å². The van der Waals surface area contributed by atoms with Gasteiger partial charge in [0.25, 0.3) is 0 Å². The van der Waals surface area contributed by atoms with Gasteiger partial charge in [0.15, 0.2) is 0 Å². The molecular formula is C14H25NaO4. The van der Waals surface area contributed by atoms with Gasteiger partial charge in [0.1, 0.15) is 0 Å². The number of hydrogen-bond acceptors (Lipinski definition) is 2. The Kier molecular flexibility index (Phi) is 25.0. The zero-order valence-corrected chi connectivity index (χ0v) is 14.2. The standard InChI is InChI=1S/C10H21.C4H4O4.Na/c1-3-5-7-9-10-8-6-4-2;5-3(6)1-2-4(7)8;/h1,3-10H2,2H3;1-2H,(H,5,6)(H,7,8);/q-1;;+1/b;2-1-;. The van der Waals surface area contributed by atoms with E-state index in [0.717, 1.165) is 6.42 Å². The average molecular weight is 280 g/mol. The molecule has 0 aromatic carbocycles. The van der Waals surface area contributed by atoms with E-state index in [0.29, 0.717) is 12.2 Å². The summed E-state index contributed by atoms with van der Waals surface area (Å²) in [5.41, 5.74) is 0. The maximum absolute atomic E-state index is 9.55. The smallest absolute Gasteiger partial charge is 0.478 e. The van der Waals surface area contributed by atoms with E-state index in [4.69, 9.17) is 10.2 Å². The van der Waals surface area contributed by atoms with Crippen LogP contribution in [0.4, 0.5) is 0 Å². The van der Waals surface area contributed by atoms with Gasteiger partial charge in [0.2, 0.25) is 0 Å². The molecule has 0 bridgehead atoms. The van der Waals surface area contributed by atoms with Gasteiger partial charge in [0, 0.05) is 12.2 Å². The van der Waals surface area contributed by atoms with Gasteiger partial charge < -0.3 is 17.1 Å². The summed E-state index contributed by atoms with van der Waals surface area (Å²) in [5, 5.41) is 15.6. The zero-order valence-electron chi connectivity index (χ0n) is 12.2. The molecule has 0 aliphatic carbocycles. The fourth-order valence-electron chi connectivity index (χ4n) is 1.28. The molecule has 0 rings (SSSR count). The molecule has 0 atom stereocenters. The van der Waals surface area contributed by atoms with Crippen LogP contribution in [0.3, 0.4) is 0 Å². The first-order chi connectivity index (χ1) is 8.54. The molecule has 0 aromatic rings. The molecule has 0 radical (unpaired) electrons. The third-order valence-electron chi connectivity index (χ3n) is 2.22. The molecule has 0 saturated heterocycles. The minimum Gasteiger partial charge on any atom is -0.478 e. The molecule has 0 amide bonds. The van der Waals surface area contributed by atoms with Crippen molar-refractivity contribution in [3.8, 4) is 0 Å². The number of rotatable bonds is 9. The van der Waals surface area contributed by atoms with Crippen LogP contribution >= 0.6 is 0 Å². The maximum atomic E-state index is 9.55. The first kappa shape index (κ1) is 23.7. The van der Waals surface area contributed by atoms with E-state index in [9.17, 15) is 9.59 Å². The average Bonchev–Trinajstić information content (AvgIpc) is 2.32. The molecule has 5 heteroatoms. The van der Waals surface area contributed by atoms with Crippen LogP contribution in [-0.4, -0.2) is 22.2 Å². The molecule has 0 aromatic heterocycles. The number of carboxylic acid groups (broad SMARTS) is 2. The van der Waals surface area contributed by atoms with Gasteiger partial charge in [-0.2, -0.15) is 6.42 Å². The van der Waals surface area contributed by atoms with E-state index in [1.54, 1.807) is 0 Å². The van der Waals surface area contributed by atoms with Crippen molar-refractivity contribution in [3.63, 3.8) is 0 Å². The van der Waals surface area contributed by atoms with Crippen LogP contribution in [0.1, 0.15) is 58.3 Å². The van der Waals surface area contributed by atoms with Crippen molar-refractivity contribution in [2.75, 3.05) is 0 Å². The molecule has 2 N–H and O–H groups in total. The maximum Gasteiger partial charge on any atom is 1.00 e. The van der Waals surface area contributed by atoms with Gasteiger partial charge in [-0.3, -0.25) is 0 Å². The van der Waals surface area contributed by atoms with Crippen molar-refractivity contribution in [2.24, 2.45) is 0 Å². The van der Waals surface area contributed by atoms with Crippen LogP contribution in [0.2, 0.25) is 0 Å². The predicted octanol–water partition coefficient (Wildman–Crippen LogP) is 0.677. The van der Waals surface area contributed by atoms with E-state index in [-0.39, 0.29) is 29.6 Å². The number of carboxylic acids is 2. The van der Waals surface area contributed by atoms with Crippen molar-refractivity contribution in [3.05, 3.63) is 19.1 Å². The second-order valence-corrected chi connectivity index (χ2v) is 3.98. The Balaban J connectivity index is -0.000000262. The van der Waals surface area contributed by atoms with E-state index >= 15 is 0 Å². The van der Waals surface area contributed by atoms with Gasteiger partial charge in [0.05, 0.1) is 0 Å². The molecule has 0 unspecified atom stereocenters. The minimum atomic E-state index is -1.26. The first-order valence-electron chi connectivity index (χ1n) is 6.47. The van der Waals surface area contributed by atoms with E-state index in [1.165, 1.54) is 44.9 Å². The van der Waals surface area contributed by atoms with Gasteiger partial charge in [-0.05, 0) is 0 Å². The predicted molar refractivity (Wildman–Crippen MR) is 72.4 cm³/mol. The van der Waals surface area contributed by atoms with Gasteiger partial charge in [-0.15, -0.1) is 0 Å². The molecule has 106 valence electrons. The molecule has 0 heterocycles. The Hall–Kier alpha value is -0.320. The summed E-state index contributed by atoms with van der Waals surface area (Å²) in [6.07, 6.45) is 12.0.